The topological polar surface area (TPSA) is 50.4 Å². The molecule has 2 aromatic rings. The van der Waals surface area contributed by atoms with E-state index in [1.165, 1.54) is 30.3 Å². The van der Waals surface area contributed by atoms with Crippen molar-refractivity contribution in [2.24, 2.45) is 0 Å². The lowest BCUT2D eigenvalue weighted by Gasteiger charge is -2.14. The summed E-state index contributed by atoms with van der Waals surface area (Å²) < 4.78 is 56.7. The van der Waals surface area contributed by atoms with Crippen molar-refractivity contribution in [2.75, 3.05) is 18.5 Å². The molecule has 0 heterocycles. The van der Waals surface area contributed by atoms with Crippen molar-refractivity contribution in [2.45, 2.75) is 6.18 Å². The minimum Gasteiger partial charge on any atom is -0.492 e. The van der Waals surface area contributed by atoms with E-state index in [9.17, 15) is 22.4 Å². The molecule has 0 bridgehead atoms. The highest BCUT2D eigenvalue weighted by Gasteiger charge is 2.34. The number of hydrogen-bond acceptors (Lipinski definition) is 2. The zero-order chi connectivity index (χ0) is 18.4. The number of carbonyl (C=O) groups is 1. The zero-order valence-corrected chi connectivity index (χ0v) is 13.4. The van der Waals surface area contributed by atoms with Crippen molar-refractivity contribution >= 4 is 23.3 Å². The molecule has 0 aliphatic rings. The number of benzene rings is 2. The molecule has 2 rings (SSSR count). The van der Waals surface area contributed by atoms with Gasteiger partial charge in [0.15, 0.2) is 0 Å². The van der Waals surface area contributed by atoms with Gasteiger partial charge in [0.2, 0.25) is 0 Å². The molecule has 25 heavy (non-hydrogen) atoms. The number of amides is 2. The first kappa shape index (κ1) is 18.9. The molecule has 0 aliphatic heterocycles. The molecule has 0 spiro atoms. The van der Waals surface area contributed by atoms with Crippen molar-refractivity contribution < 1.29 is 27.1 Å². The van der Waals surface area contributed by atoms with Gasteiger partial charge in [0.1, 0.15) is 18.2 Å². The van der Waals surface area contributed by atoms with Crippen molar-refractivity contribution in [3.05, 3.63) is 58.9 Å². The van der Waals surface area contributed by atoms with Crippen LogP contribution < -0.4 is 15.4 Å². The lowest BCUT2D eigenvalue weighted by molar-refractivity contribution is -0.136. The van der Waals surface area contributed by atoms with Crippen LogP contribution in [0.15, 0.2) is 42.5 Å². The summed E-state index contributed by atoms with van der Waals surface area (Å²) in [4.78, 5) is 11.7. The van der Waals surface area contributed by atoms with E-state index in [1.807, 2.05) is 0 Å². The van der Waals surface area contributed by atoms with E-state index in [0.29, 0.717) is 5.75 Å². The van der Waals surface area contributed by atoms with E-state index in [2.05, 4.69) is 10.6 Å². The molecule has 9 heteroatoms. The first-order valence-corrected chi connectivity index (χ1v) is 7.43. The minimum atomic E-state index is -4.65. The summed E-state index contributed by atoms with van der Waals surface area (Å²) >= 11 is 5.56. The lowest BCUT2D eigenvalue weighted by atomic mass is 10.1. The highest BCUT2D eigenvalue weighted by atomic mass is 35.5. The second-order valence-electron chi connectivity index (χ2n) is 4.87. The number of rotatable bonds is 5. The standard InChI is InChI=1S/C16H13ClF4N2O2/c17-10-1-6-14(13(9-10)16(19,20)21)23-15(24)22-7-8-25-12-4-2-11(18)3-5-12/h1-6,9H,7-8H2,(H2,22,23,24). The van der Waals surface area contributed by atoms with Crippen molar-refractivity contribution in [3.8, 4) is 5.75 Å². The molecular weight excluding hydrogens is 364 g/mol. The lowest BCUT2D eigenvalue weighted by Crippen LogP contribution is -2.32. The Morgan fingerprint density at radius 2 is 1.80 bits per heavy atom. The molecule has 2 aromatic carbocycles. The molecule has 0 atom stereocenters. The third kappa shape index (κ3) is 5.82. The summed E-state index contributed by atoms with van der Waals surface area (Å²) in [5.41, 5.74) is -1.45. The van der Waals surface area contributed by atoms with E-state index in [1.54, 1.807) is 0 Å². The van der Waals surface area contributed by atoms with E-state index in [0.717, 1.165) is 12.1 Å². The Hall–Kier alpha value is -2.48. The summed E-state index contributed by atoms with van der Waals surface area (Å²) in [7, 11) is 0. The first-order chi connectivity index (χ1) is 11.8. The molecule has 2 N–H and O–H groups in total. The van der Waals surface area contributed by atoms with Crippen LogP contribution in [0.5, 0.6) is 5.75 Å². The third-order valence-corrected chi connectivity index (χ3v) is 3.24. The second kappa shape index (κ2) is 8.06. The molecule has 0 fully saturated rings. The van der Waals surface area contributed by atoms with E-state index in [4.69, 9.17) is 16.3 Å². The Morgan fingerprint density at radius 3 is 2.44 bits per heavy atom. The van der Waals surface area contributed by atoms with Crippen LogP contribution in [0.2, 0.25) is 5.02 Å². The number of carbonyl (C=O) groups excluding carboxylic acids is 1. The average Bonchev–Trinajstić information content (AvgIpc) is 2.54. The predicted molar refractivity (Wildman–Crippen MR) is 85.4 cm³/mol. The van der Waals surface area contributed by atoms with Crippen molar-refractivity contribution in [3.63, 3.8) is 0 Å². The van der Waals surface area contributed by atoms with Gasteiger partial charge in [-0.3, -0.25) is 0 Å². The Labute approximate surface area is 145 Å². The SMILES string of the molecule is O=C(NCCOc1ccc(F)cc1)Nc1ccc(Cl)cc1C(F)(F)F. The van der Waals surface area contributed by atoms with Crippen LogP contribution in [-0.2, 0) is 6.18 Å². The number of alkyl halides is 3. The van der Waals surface area contributed by atoms with Crippen LogP contribution in [0, 0.1) is 5.82 Å². The molecule has 4 nitrogen and oxygen atoms in total. The average molecular weight is 377 g/mol. The Kier molecular flexibility index (Phi) is 6.08. The molecule has 0 saturated heterocycles. The first-order valence-electron chi connectivity index (χ1n) is 7.05. The fourth-order valence-electron chi connectivity index (χ4n) is 1.89. The Bertz CT molecular complexity index is 736. The molecular formula is C16H13ClF4N2O2. The summed E-state index contributed by atoms with van der Waals surface area (Å²) in [6, 6.07) is 7.48. The third-order valence-electron chi connectivity index (χ3n) is 3.01. The van der Waals surface area contributed by atoms with Crippen LogP contribution in [-0.4, -0.2) is 19.2 Å². The largest absolute Gasteiger partial charge is 0.492 e. The maximum absolute atomic E-state index is 12.9. The fourth-order valence-corrected chi connectivity index (χ4v) is 2.06. The number of urea groups is 1. The fraction of sp³-hybridized carbons (Fsp3) is 0.188. The maximum atomic E-state index is 12.9. The van der Waals surface area contributed by atoms with Crippen molar-refractivity contribution in [1.29, 1.82) is 0 Å². The monoisotopic (exact) mass is 376 g/mol. The van der Waals surface area contributed by atoms with E-state index < -0.39 is 29.3 Å². The zero-order valence-electron chi connectivity index (χ0n) is 12.7. The summed E-state index contributed by atoms with van der Waals surface area (Å²) in [5, 5.41) is 4.38. The number of anilines is 1. The number of hydrogen-bond donors (Lipinski definition) is 2. The number of ether oxygens (including phenoxy) is 1. The van der Waals surface area contributed by atoms with Gasteiger partial charge in [-0.25, -0.2) is 9.18 Å². The van der Waals surface area contributed by atoms with Gasteiger partial charge in [-0.2, -0.15) is 13.2 Å². The number of halogens is 5. The molecule has 0 saturated carbocycles. The van der Waals surface area contributed by atoms with Crippen LogP contribution in [0.25, 0.3) is 0 Å². The smallest absolute Gasteiger partial charge is 0.418 e. The molecule has 134 valence electrons. The normalized spacial score (nSPS) is 11.1. The van der Waals surface area contributed by atoms with Gasteiger partial charge < -0.3 is 15.4 Å². The van der Waals surface area contributed by atoms with Gasteiger partial charge in [-0.15, -0.1) is 0 Å². The highest BCUT2D eigenvalue weighted by Crippen LogP contribution is 2.36. The van der Waals surface area contributed by atoms with E-state index >= 15 is 0 Å². The highest BCUT2D eigenvalue weighted by molar-refractivity contribution is 6.30. The van der Waals surface area contributed by atoms with Gasteiger partial charge in [-0.05, 0) is 42.5 Å². The molecule has 2 amide bonds. The maximum Gasteiger partial charge on any atom is 0.418 e. The summed E-state index contributed by atoms with van der Waals surface area (Å²) in [5.74, 6) is -0.00560. The number of nitrogens with one attached hydrogen (secondary N) is 2. The van der Waals surface area contributed by atoms with Crippen molar-refractivity contribution in [1.82, 2.24) is 5.32 Å². The second-order valence-corrected chi connectivity index (χ2v) is 5.31. The van der Waals surface area contributed by atoms with Gasteiger partial charge in [0.05, 0.1) is 17.8 Å². The summed E-state index contributed by atoms with van der Waals surface area (Å²) in [6.07, 6.45) is -4.65. The van der Waals surface area contributed by atoms with Gasteiger partial charge in [-0.1, -0.05) is 11.6 Å². The van der Waals surface area contributed by atoms with Crippen LogP contribution in [0.1, 0.15) is 5.56 Å². The van der Waals surface area contributed by atoms with E-state index in [-0.39, 0.29) is 18.2 Å². The summed E-state index contributed by atoms with van der Waals surface area (Å²) in [6.45, 7) is 0.101. The molecule has 0 unspecified atom stereocenters. The molecule has 0 aromatic heterocycles. The predicted octanol–water partition coefficient (Wildman–Crippen LogP) is 4.70. The quantitative estimate of drug-likeness (QED) is 0.587. The van der Waals surface area contributed by atoms with Gasteiger partial charge in [0.25, 0.3) is 0 Å². The molecule has 0 radical (unpaired) electrons. The minimum absolute atomic E-state index is 0.0398. The Morgan fingerprint density at radius 1 is 1.12 bits per heavy atom. The van der Waals surface area contributed by atoms with Crippen LogP contribution >= 0.6 is 11.6 Å². The molecule has 0 aliphatic carbocycles. The van der Waals surface area contributed by atoms with Crippen LogP contribution in [0.3, 0.4) is 0 Å². The Balaban J connectivity index is 1.85. The van der Waals surface area contributed by atoms with Gasteiger partial charge in [0, 0.05) is 5.02 Å². The van der Waals surface area contributed by atoms with Gasteiger partial charge >= 0.3 is 12.2 Å². The van der Waals surface area contributed by atoms with Crippen LogP contribution in [0.4, 0.5) is 28.0 Å².